The molecular weight excluding hydrogens is 388 g/mol. The van der Waals surface area contributed by atoms with Crippen molar-refractivity contribution in [2.75, 3.05) is 19.7 Å². The predicted octanol–water partition coefficient (Wildman–Crippen LogP) is 3.72. The third-order valence-electron chi connectivity index (χ3n) is 5.19. The molecule has 29 heavy (non-hydrogen) atoms. The van der Waals surface area contributed by atoms with E-state index in [1.165, 1.54) is 11.3 Å². The molecule has 1 aliphatic rings. The van der Waals surface area contributed by atoms with E-state index in [1.54, 1.807) is 11.8 Å². The number of benzene rings is 1. The number of carbonyl (C=O) groups excluding carboxylic acids is 2. The van der Waals surface area contributed by atoms with Crippen LogP contribution in [-0.2, 0) is 4.74 Å². The maximum Gasteiger partial charge on any atom is 0.409 e. The number of amides is 2. The molecule has 2 amide bonds. The van der Waals surface area contributed by atoms with Crippen LogP contribution in [-0.4, -0.2) is 52.0 Å². The van der Waals surface area contributed by atoms with Gasteiger partial charge in [-0.1, -0.05) is 41.7 Å². The second-order valence-corrected chi connectivity index (χ2v) is 8.07. The van der Waals surface area contributed by atoms with Crippen LogP contribution in [0.15, 0.2) is 36.5 Å². The van der Waals surface area contributed by atoms with Gasteiger partial charge < -0.3 is 15.0 Å². The Morgan fingerprint density at radius 2 is 1.97 bits per heavy atom. The summed E-state index contributed by atoms with van der Waals surface area (Å²) < 4.78 is 7.02. The molecule has 1 aliphatic heterocycles. The minimum absolute atomic E-state index is 0.0573. The molecule has 0 atom stereocenters. The zero-order valence-corrected chi connectivity index (χ0v) is 17.4. The van der Waals surface area contributed by atoms with Gasteiger partial charge in [0.15, 0.2) is 4.96 Å². The molecule has 3 aromatic rings. The lowest BCUT2D eigenvalue weighted by molar-refractivity contribution is 0.0862. The van der Waals surface area contributed by atoms with Crippen molar-refractivity contribution in [1.29, 1.82) is 0 Å². The number of thiazole rings is 1. The van der Waals surface area contributed by atoms with Crippen LogP contribution < -0.4 is 5.32 Å². The zero-order chi connectivity index (χ0) is 20.4. The quantitative estimate of drug-likeness (QED) is 0.709. The van der Waals surface area contributed by atoms with Crippen molar-refractivity contribution in [3.63, 3.8) is 0 Å². The van der Waals surface area contributed by atoms with Crippen molar-refractivity contribution in [2.24, 2.45) is 0 Å². The van der Waals surface area contributed by atoms with Gasteiger partial charge in [0.05, 0.1) is 12.3 Å². The molecular formula is C21H24N4O3S. The largest absolute Gasteiger partial charge is 0.450 e. The van der Waals surface area contributed by atoms with Crippen LogP contribution in [0.1, 0.15) is 35.1 Å². The first-order valence-electron chi connectivity index (χ1n) is 9.83. The predicted molar refractivity (Wildman–Crippen MR) is 112 cm³/mol. The Bertz CT molecular complexity index is 1020. The van der Waals surface area contributed by atoms with E-state index in [4.69, 9.17) is 4.74 Å². The van der Waals surface area contributed by atoms with Crippen LogP contribution in [0.5, 0.6) is 0 Å². The molecule has 152 valence electrons. The molecule has 4 rings (SSSR count). The molecule has 7 nitrogen and oxygen atoms in total. The third kappa shape index (κ3) is 3.98. The second kappa shape index (κ2) is 8.24. The number of piperidine rings is 1. The molecule has 1 N–H and O–H groups in total. The summed E-state index contributed by atoms with van der Waals surface area (Å²) >= 11 is 1.40. The number of carbonyl (C=O) groups is 2. The number of nitrogens with zero attached hydrogens (tertiary/aromatic N) is 3. The van der Waals surface area contributed by atoms with E-state index in [2.05, 4.69) is 10.3 Å². The molecule has 0 aliphatic carbocycles. The van der Waals surface area contributed by atoms with Gasteiger partial charge in [0.2, 0.25) is 0 Å². The smallest absolute Gasteiger partial charge is 0.409 e. The fourth-order valence-corrected chi connectivity index (χ4v) is 4.59. The average molecular weight is 413 g/mol. The van der Waals surface area contributed by atoms with Crippen molar-refractivity contribution in [3.8, 4) is 11.3 Å². The van der Waals surface area contributed by atoms with E-state index in [1.807, 2.05) is 47.9 Å². The number of imidazole rings is 1. The number of likely N-dealkylation sites (tertiary alicyclic amines) is 1. The van der Waals surface area contributed by atoms with E-state index < -0.39 is 0 Å². The van der Waals surface area contributed by atoms with Gasteiger partial charge in [-0.05, 0) is 26.7 Å². The van der Waals surface area contributed by atoms with Gasteiger partial charge in [-0.15, -0.1) is 0 Å². The van der Waals surface area contributed by atoms with E-state index in [9.17, 15) is 9.59 Å². The maximum atomic E-state index is 12.8. The Hall–Kier alpha value is -2.87. The Labute approximate surface area is 173 Å². The van der Waals surface area contributed by atoms with Crippen LogP contribution in [0.4, 0.5) is 4.79 Å². The number of aromatic nitrogens is 2. The number of ether oxygens (including phenoxy) is 1. The Morgan fingerprint density at radius 1 is 1.24 bits per heavy atom. The highest BCUT2D eigenvalue weighted by Gasteiger charge is 2.26. The molecule has 0 radical (unpaired) electrons. The van der Waals surface area contributed by atoms with Gasteiger partial charge in [0.1, 0.15) is 4.88 Å². The average Bonchev–Trinajstić information content (AvgIpc) is 3.29. The van der Waals surface area contributed by atoms with Gasteiger partial charge in [0, 0.05) is 36.6 Å². The molecule has 2 aromatic heterocycles. The molecule has 1 fully saturated rings. The summed E-state index contributed by atoms with van der Waals surface area (Å²) in [5, 5.41) is 3.12. The number of aryl methyl sites for hydroxylation is 1. The molecule has 1 saturated heterocycles. The third-order valence-corrected chi connectivity index (χ3v) is 6.34. The van der Waals surface area contributed by atoms with Gasteiger partial charge in [-0.3, -0.25) is 9.20 Å². The SMILES string of the molecule is CCOC(=O)N1CCC(NC(=O)c2sc3nc(-c4ccccc4)cn3c2C)CC1. The van der Waals surface area contributed by atoms with E-state index in [0.717, 1.165) is 34.8 Å². The van der Waals surface area contributed by atoms with E-state index in [-0.39, 0.29) is 18.0 Å². The lowest BCUT2D eigenvalue weighted by Gasteiger charge is -2.31. The van der Waals surface area contributed by atoms with Crippen molar-refractivity contribution >= 4 is 28.3 Å². The molecule has 0 unspecified atom stereocenters. The van der Waals surface area contributed by atoms with Crippen LogP contribution in [0.25, 0.3) is 16.2 Å². The summed E-state index contributed by atoms with van der Waals surface area (Å²) in [6.07, 6.45) is 3.15. The van der Waals surface area contributed by atoms with Gasteiger partial charge in [0.25, 0.3) is 5.91 Å². The zero-order valence-electron chi connectivity index (χ0n) is 16.6. The normalized spacial score (nSPS) is 14.9. The number of nitrogens with one attached hydrogen (secondary N) is 1. The first-order chi connectivity index (χ1) is 14.1. The van der Waals surface area contributed by atoms with Crippen molar-refractivity contribution < 1.29 is 14.3 Å². The number of hydrogen-bond acceptors (Lipinski definition) is 5. The number of rotatable bonds is 4. The summed E-state index contributed by atoms with van der Waals surface area (Å²) in [4.78, 5) is 32.5. The summed E-state index contributed by atoms with van der Waals surface area (Å²) in [5.41, 5.74) is 2.85. The summed E-state index contributed by atoms with van der Waals surface area (Å²) in [6.45, 7) is 5.31. The number of fused-ring (bicyclic) bond motifs is 1. The van der Waals surface area contributed by atoms with Gasteiger partial charge in [-0.25, -0.2) is 9.78 Å². The monoisotopic (exact) mass is 412 g/mol. The van der Waals surface area contributed by atoms with Gasteiger partial charge in [-0.2, -0.15) is 0 Å². The first-order valence-corrected chi connectivity index (χ1v) is 10.6. The molecule has 0 saturated carbocycles. The second-order valence-electron chi connectivity index (χ2n) is 7.10. The molecule has 0 spiro atoms. The summed E-state index contributed by atoms with van der Waals surface area (Å²) in [6, 6.07) is 10.1. The lowest BCUT2D eigenvalue weighted by Crippen LogP contribution is -2.46. The summed E-state index contributed by atoms with van der Waals surface area (Å²) in [5.74, 6) is -0.0751. The minimum Gasteiger partial charge on any atom is -0.450 e. The minimum atomic E-state index is -0.276. The highest BCUT2D eigenvalue weighted by Crippen LogP contribution is 2.27. The Balaban J connectivity index is 1.42. The van der Waals surface area contributed by atoms with Crippen molar-refractivity contribution in [2.45, 2.75) is 32.7 Å². The Morgan fingerprint density at radius 3 is 2.62 bits per heavy atom. The molecule has 3 heterocycles. The molecule has 0 bridgehead atoms. The fourth-order valence-electron chi connectivity index (χ4n) is 3.58. The van der Waals surface area contributed by atoms with Gasteiger partial charge >= 0.3 is 6.09 Å². The van der Waals surface area contributed by atoms with E-state index in [0.29, 0.717) is 24.6 Å². The molecule has 8 heteroatoms. The van der Waals surface area contributed by atoms with Crippen molar-refractivity contribution in [3.05, 3.63) is 47.1 Å². The van der Waals surface area contributed by atoms with Crippen LogP contribution >= 0.6 is 11.3 Å². The fraction of sp³-hybridized carbons (Fsp3) is 0.381. The number of hydrogen-bond donors (Lipinski definition) is 1. The van der Waals surface area contributed by atoms with Crippen LogP contribution in [0, 0.1) is 6.92 Å². The lowest BCUT2D eigenvalue weighted by atomic mass is 10.1. The standard InChI is InChI=1S/C21H24N4O3S/c1-3-28-21(27)24-11-9-16(10-12-24)22-19(26)18-14(2)25-13-17(23-20(25)29-18)15-7-5-4-6-8-15/h4-8,13,16H,3,9-12H2,1-2H3,(H,22,26). The summed E-state index contributed by atoms with van der Waals surface area (Å²) in [7, 11) is 0. The maximum absolute atomic E-state index is 12.8. The first kappa shape index (κ1) is 19.4. The molecule has 1 aromatic carbocycles. The topological polar surface area (TPSA) is 75.9 Å². The van der Waals surface area contributed by atoms with Crippen LogP contribution in [0.3, 0.4) is 0 Å². The van der Waals surface area contributed by atoms with Crippen LogP contribution in [0.2, 0.25) is 0 Å². The Kier molecular flexibility index (Phi) is 5.53. The highest BCUT2D eigenvalue weighted by molar-refractivity contribution is 7.19. The van der Waals surface area contributed by atoms with Crippen molar-refractivity contribution in [1.82, 2.24) is 19.6 Å². The highest BCUT2D eigenvalue weighted by atomic mass is 32.1. The van der Waals surface area contributed by atoms with E-state index >= 15 is 0 Å².